The summed E-state index contributed by atoms with van der Waals surface area (Å²) in [6.45, 7) is 11.0. The summed E-state index contributed by atoms with van der Waals surface area (Å²) in [5.74, 6) is 3.17. The lowest BCUT2D eigenvalue weighted by Gasteiger charge is -2.32. The van der Waals surface area contributed by atoms with Gasteiger partial charge >= 0.3 is 0 Å². The average Bonchev–Trinajstić information content (AvgIpc) is 2.44. The van der Waals surface area contributed by atoms with Crippen molar-refractivity contribution in [1.82, 2.24) is 10.3 Å². The molecule has 0 radical (unpaired) electrons. The Kier molecular flexibility index (Phi) is 6.04. The zero-order chi connectivity index (χ0) is 15.2. The predicted octanol–water partition coefficient (Wildman–Crippen LogP) is 4.03. The standard InChI is InChI=1S/C18H30N2O/c1-13(2)10-19-11-16-6-8-18(12-20-16)21-17-7-5-14(3)15(4)9-17/h6,8,12-15,17,19H,5,7,9-11H2,1-4H3. The second-order valence-electron chi connectivity index (χ2n) is 7.02. The van der Waals surface area contributed by atoms with Gasteiger partial charge in [-0.25, -0.2) is 0 Å². The van der Waals surface area contributed by atoms with Crippen LogP contribution in [0.25, 0.3) is 0 Å². The van der Waals surface area contributed by atoms with Crippen molar-refractivity contribution in [2.75, 3.05) is 6.54 Å². The summed E-state index contributed by atoms with van der Waals surface area (Å²) in [6.07, 6.45) is 5.84. The Morgan fingerprint density at radius 3 is 2.67 bits per heavy atom. The third-order valence-electron chi connectivity index (χ3n) is 4.51. The summed E-state index contributed by atoms with van der Waals surface area (Å²) in [5, 5.41) is 3.41. The lowest BCUT2D eigenvalue weighted by Crippen LogP contribution is -2.28. The number of hydrogen-bond acceptors (Lipinski definition) is 3. The highest BCUT2D eigenvalue weighted by molar-refractivity contribution is 5.20. The fourth-order valence-corrected chi connectivity index (χ4v) is 2.87. The maximum absolute atomic E-state index is 6.09. The smallest absolute Gasteiger partial charge is 0.138 e. The molecule has 1 aromatic heterocycles. The van der Waals surface area contributed by atoms with E-state index in [4.69, 9.17) is 4.74 Å². The summed E-state index contributed by atoms with van der Waals surface area (Å²) in [5.41, 5.74) is 1.08. The van der Waals surface area contributed by atoms with E-state index in [1.165, 1.54) is 19.3 Å². The van der Waals surface area contributed by atoms with Gasteiger partial charge in [0.1, 0.15) is 5.75 Å². The van der Waals surface area contributed by atoms with Crippen LogP contribution < -0.4 is 10.1 Å². The molecule has 3 heteroatoms. The van der Waals surface area contributed by atoms with Gasteiger partial charge in [0, 0.05) is 6.54 Å². The molecule has 2 rings (SSSR count). The largest absolute Gasteiger partial charge is 0.489 e. The number of ether oxygens (including phenoxy) is 1. The second-order valence-corrected chi connectivity index (χ2v) is 7.02. The molecule has 1 aliphatic rings. The highest BCUT2D eigenvalue weighted by Crippen LogP contribution is 2.31. The molecule has 0 spiro atoms. The third-order valence-corrected chi connectivity index (χ3v) is 4.51. The summed E-state index contributed by atoms with van der Waals surface area (Å²) >= 11 is 0. The molecular weight excluding hydrogens is 260 g/mol. The summed E-state index contributed by atoms with van der Waals surface area (Å²) in [4.78, 5) is 4.49. The molecule has 0 aliphatic heterocycles. The molecule has 1 N–H and O–H groups in total. The lowest BCUT2D eigenvalue weighted by molar-refractivity contribution is 0.100. The molecule has 21 heavy (non-hydrogen) atoms. The molecule has 118 valence electrons. The Morgan fingerprint density at radius 1 is 1.24 bits per heavy atom. The van der Waals surface area contributed by atoms with Gasteiger partial charge in [-0.05, 0) is 55.7 Å². The van der Waals surface area contributed by atoms with E-state index in [-0.39, 0.29) is 0 Å². The number of nitrogens with one attached hydrogen (secondary N) is 1. The van der Waals surface area contributed by atoms with Crippen LogP contribution in [-0.4, -0.2) is 17.6 Å². The SMILES string of the molecule is CC(C)CNCc1ccc(OC2CCC(C)C(C)C2)cn1. The molecule has 3 atom stereocenters. The Bertz CT molecular complexity index is 416. The van der Waals surface area contributed by atoms with Crippen LogP contribution in [0.5, 0.6) is 5.75 Å². The van der Waals surface area contributed by atoms with E-state index in [0.717, 1.165) is 36.4 Å². The average molecular weight is 290 g/mol. The van der Waals surface area contributed by atoms with E-state index in [0.29, 0.717) is 12.0 Å². The van der Waals surface area contributed by atoms with Crippen molar-refractivity contribution in [3.63, 3.8) is 0 Å². The first-order valence-corrected chi connectivity index (χ1v) is 8.37. The first-order valence-electron chi connectivity index (χ1n) is 8.37. The highest BCUT2D eigenvalue weighted by Gasteiger charge is 2.25. The van der Waals surface area contributed by atoms with E-state index >= 15 is 0 Å². The number of pyridine rings is 1. The second kappa shape index (κ2) is 7.79. The third kappa shape index (κ3) is 5.31. The van der Waals surface area contributed by atoms with Gasteiger partial charge in [0.05, 0.1) is 18.0 Å². The van der Waals surface area contributed by atoms with Gasteiger partial charge in [-0.2, -0.15) is 0 Å². The van der Waals surface area contributed by atoms with E-state index in [9.17, 15) is 0 Å². The van der Waals surface area contributed by atoms with Gasteiger partial charge in [0.2, 0.25) is 0 Å². The minimum atomic E-state index is 0.364. The summed E-state index contributed by atoms with van der Waals surface area (Å²) in [7, 11) is 0. The van der Waals surface area contributed by atoms with Crippen LogP contribution in [0.15, 0.2) is 18.3 Å². The minimum Gasteiger partial charge on any atom is -0.489 e. The first-order chi connectivity index (χ1) is 10.0. The fourth-order valence-electron chi connectivity index (χ4n) is 2.87. The van der Waals surface area contributed by atoms with Gasteiger partial charge < -0.3 is 10.1 Å². The molecule has 1 fully saturated rings. The molecule has 0 bridgehead atoms. The van der Waals surface area contributed by atoms with Gasteiger partial charge in [0.15, 0.2) is 0 Å². The van der Waals surface area contributed by atoms with Crippen LogP contribution in [0.4, 0.5) is 0 Å². The molecule has 0 amide bonds. The fraction of sp³-hybridized carbons (Fsp3) is 0.722. The molecule has 1 aromatic rings. The van der Waals surface area contributed by atoms with Crippen LogP contribution in [0.2, 0.25) is 0 Å². The monoisotopic (exact) mass is 290 g/mol. The normalized spacial score (nSPS) is 26.0. The van der Waals surface area contributed by atoms with Crippen molar-refractivity contribution >= 4 is 0 Å². The van der Waals surface area contributed by atoms with Gasteiger partial charge in [-0.3, -0.25) is 4.98 Å². The van der Waals surface area contributed by atoms with E-state index in [1.807, 2.05) is 6.20 Å². The quantitative estimate of drug-likeness (QED) is 0.859. The van der Waals surface area contributed by atoms with E-state index in [2.05, 4.69) is 50.1 Å². The van der Waals surface area contributed by atoms with Crippen molar-refractivity contribution in [2.24, 2.45) is 17.8 Å². The Hall–Kier alpha value is -1.09. The Labute approximate surface area is 129 Å². The van der Waals surface area contributed by atoms with Crippen molar-refractivity contribution in [2.45, 2.75) is 59.6 Å². The van der Waals surface area contributed by atoms with Crippen molar-refractivity contribution in [3.8, 4) is 5.75 Å². The van der Waals surface area contributed by atoms with Crippen molar-refractivity contribution < 1.29 is 4.74 Å². The molecule has 3 nitrogen and oxygen atoms in total. The van der Waals surface area contributed by atoms with Crippen molar-refractivity contribution in [3.05, 3.63) is 24.0 Å². The van der Waals surface area contributed by atoms with Gasteiger partial charge in [-0.1, -0.05) is 27.7 Å². The summed E-state index contributed by atoms with van der Waals surface area (Å²) in [6, 6.07) is 4.12. The van der Waals surface area contributed by atoms with E-state index in [1.54, 1.807) is 0 Å². The number of nitrogens with zero attached hydrogens (tertiary/aromatic N) is 1. The van der Waals surface area contributed by atoms with Gasteiger partial charge in [-0.15, -0.1) is 0 Å². The van der Waals surface area contributed by atoms with Crippen LogP contribution in [0, 0.1) is 17.8 Å². The van der Waals surface area contributed by atoms with Crippen LogP contribution in [0.3, 0.4) is 0 Å². The molecular formula is C18H30N2O. The van der Waals surface area contributed by atoms with Crippen LogP contribution in [-0.2, 0) is 6.54 Å². The molecule has 1 saturated carbocycles. The molecule has 0 saturated heterocycles. The molecule has 0 aromatic carbocycles. The molecule has 3 unspecified atom stereocenters. The van der Waals surface area contributed by atoms with Crippen LogP contribution >= 0.6 is 0 Å². The number of rotatable bonds is 6. The van der Waals surface area contributed by atoms with E-state index < -0.39 is 0 Å². The van der Waals surface area contributed by atoms with Gasteiger partial charge in [0.25, 0.3) is 0 Å². The maximum Gasteiger partial charge on any atom is 0.138 e. The predicted molar refractivity (Wildman–Crippen MR) is 87.4 cm³/mol. The number of aromatic nitrogens is 1. The highest BCUT2D eigenvalue weighted by atomic mass is 16.5. The lowest BCUT2D eigenvalue weighted by atomic mass is 9.80. The zero-order valence-electron chi connectivity index (χ0n) is 13.9. The first kappa shape index (κ1) is 16.3. The summed E-state index contributed by atoms with van der Waals surface area (Å²) < 4.78 is 6.09. The minimum absolute atomic E-state index is 0.364. The Balaban J connectivity index is 1.79. The molecule has 1 heterocycles. The topological polar surface area (TPSA) is 34.1 Å². The van der Waals surface area contributed by atoms with Crippen LogP contribution in [0.1, 0.15) is 52.7 Å². The molecule has 1 aliphatic carbocycles. The Morgan fingerprint density at radius 2 is 2.05 bits per heavy atom. The zero-order valence-corrected chi connectivity index (χ0v) is 13.9. The maximum atomic E-state index is 6.09. The number of hydrogen-bond donors (Lipinski definition) is 1. The van der Waals surface area contributed by atoms with Crippen molar-refractivity contribution in [1.29, 1.82) is 0 Å².